The molecule has 1 aromatic heterocycles. The number of aromatic nitrogens is 3. The van der Waals surface area contributed by atoms with Gasteiger partial charge in [0.2, 0.25) is 0 Å². The molecule has 0 saturated heterocycles. The van der Waals surface area contributed by atoms with Crippen molar-refractivity contribution in [1.29, 1.82) is 0 Å². The number of benzene rings is 1. The quantitative estimate of drug-likeness (QED) is 0.854. The first-order chi connectivity index (χ1) is 9.13. The number of nitrogens with one attached hydrogen (secondary N) is 1. The predicted molar refractivity (Wildman–Crippen MR) is 83.0 cm³/mol. The Morgan fingerprint density at radius 2 is 2.16 bits per heavy atom. The van der Waals surface area contributed by atoms with Crippen LogP contribution in [-0.4, -0.2) is 21.5 Å². The summed E-state index contributed by atoms with van der Waals surface area (Å²) >= 11 is 7.00. The summed E-state index contributed by atoms with van der Waals surface area (Å²) in [6.07, 6.45) is 1.08. The molecule has 6 heteroatoms. The number of rotatable bonds is 5. The van der Waals surface area contributed by atoms with Crippen LogP contribution in [0, 0.1) is 0 Å². The molecule has 102 valence electrons. The van der Waals surface area contributed by atoms with Gasteiger partial charge in [0.15, 0.2) is 4.60 Å². The van der Waals surface area contributed by atoms with E-state index in [1.165, 1.54) is 5.56 Å². The van der Waals surface area contributed by atoms with Crippen molar-refractivity contribution in [2.45, 2.75) is 19.4 Å². The highest BCUT2D eigenvalue weighted by atomic mass is 79.9. The molecular formula is C13H16Br2N4. The van der Waals surface area contributed by atoms with Crippen LogP contribution in [0.1, 0.15) is 30.6 Å². The van der Waals surface area contributed by atoms with Crippen molar-refractivity contribution >= 4 is 31.9 Å². The average molecular weight is 388 g/mol. The van der Waals surface area contributed by atoms with E-state index < -0.39 is 0 Å². The zero-order chi connectivity index (χ0) is 13.8. The lowest BCUT2D eigenvalue weighted by molar-refractivity contribution is 0.549. The summed E-state index contributed by atoms with van der Waals surface area (Å²) in [7, 11) is 1.91. The predicted octanol–water partition coefficient (Wildman–Crippen LogP) is 3.43. The largest absolute Gasteiger partial charge is 0.305 e. The fourth-order valence-electron chi connectivity index (χ4n) is 1.99. The number of hydrogen-bond acceptors (Lipinski definition) is 3. The monoisotopic (exact) mass is 386 g/mol. The van der Waals surface area contributed by atoms with E-state index in [4.69, 9.17) is 0 Å². The van der Waals surface area contributed by atoms with Crippen molar-refractivity contribution in [3.8, 4) is 0 Å². The lowest BCUT2D eigenvalue weighted by atomic mass is 10.0. The van der Waals surface area contributed by atoms with Gasteiger partial charge in [-0.3, -0.25) is 0 Å². The Morgan fingerprint density at radius 3 is 2.74 bits per heavy atom. The van der Waals surface area contributed by atoms with Crippen molar-refractivity contribution in [2.75, 3.05) is 6.54 Å². The van der Waals surface area contributed by atoms with Gasteiger partial charge in [0.05, 0.1) is 11.7 Å². The zero-order valence-corrected chi connectivity index (χ0v) is 14.1. The molecule has 0 fully saturated rings. The fraction of sp³-hybridized carbons (Fsp3) is 0.385. The van der Waals surface area contributed by atoms with E-state index in [0.717, 1.165) is 27.7 Å². The molecule has 0 spiro atoms. The molecule has 1 unspecified atom stereocenters. The smallest absolute Gasteiger partial charge is 0.153 e. The standard InChI is InChI=1S/C13H16Br2N4/c1-3-7-16-11(9-5-4-6-10(14)8-9)12-13(15)17-18-19(12)2/h4-6,8,11,16H,3,7H2,1-2H3. The molecular weight excluding hydrogens is 372 g/mol. The summed E-state index contributed by atoms with van der Waals surface area (Å²) in [5.41, 5.74) is 2.22. The molecule has 0 aliphatic rings. The summed E-state index contributed by atoms with van der Waals surface area (Å²) in [5, 5.41) is 11.7. The number of halogens is 2. The number of hydrogen-bond donors (Lipinski definition) is 1. The van der Waals surface area contributed by atoms with Crippen molar-refractivity contribution < 1.29 is 0 Å². The Hall–Kier alpha value is -0.720. The highest BCUT2D eigenvalue weighted by Crippen LogP contribution is 2.28. The van der Waals surface area contributed by atoms with Gasteiger partial charge in [-0.05, 0) is 46.6 Å². The van der Waals surface area contributed by atoms with Crippen LogP contribution in [0.5, 0.6) is 0 Å². The molecule has 1 heterocycles. The summed E-state index contributed by atoms with van der Waals surface area (Å²) in [6, 6.07) is 8.37. The van der Waals surface area contributed by atoms with Gasteiger partial charge in [-0.15, -0.1) is 5.10 Å². The maximum atomic E-state index is 4.07. The Bertz CT molecular complexity index is 534. The topological polar surface area (TPSA) is 42.7 Å². The third-order valence-corrected chi connectivity index (χ3v) is 3.94. The first-order valence-electron chi connectivity index (χ1n) is 6.17. The molecule has 2 aromatic rings. The van der Waals surface area contributed by atoms with Gasteiger partial charge in [0.1, 0.15) is 0 Å². The van der Waals surface area contributed by atoms with Gasteiger partial charge in [-0.1, -0.05) is 40.2 Å². The molecule has 0 bridgehead atoms. The maximum Gasteiger partial charge on any atom is 0.153 e. The van der Waals surface area contributed by atoms with E-state index >= 15 is 0 Å². The van der Waals surface area contributed by atoms with Crippen LogP contribution in [0.3, 0.4) is 0 Å². The molecule has 0 amide bonds. The maximum absolute atomic E-state index is 4.07. The summed E-state index contributed by atoms with van der Waals surface area (Å²) in [4.78, 5) is 0. The van der Waals surface area contributed by atoms with Gasteiger partial charge < -0.3 is 5.32 Å². The summed E-state index contributed by atoms with van der Waals surface area (Å²) in [6.45, 7) is 3.09. The minimum Gasteiger partial charge on any atom is -0.305 e. The summed E-state index contributed by atoms with van der Waals surface area (Å²) in [5.74, 6) is 0. The van der Waals surface area contributed by atoms with Crippen LogP contribution in [0.4, 0.5) is 0 Å². The molecule has 1 N–H and O–H groups in total. The van der Waals surface area contributed by atoms with E-state index in [0.29, 0.717) is 0 Å². The minimum absolute atomic E-state index is 0.0758. The van der Waals surface area contributed by atoms with Crippen LogP contribution in [0.15, 0.2) is 33.3 Å². The van der Waals surface area contributed by atoms with Gasteiger partial charge in [0.25, 0.3) is 0 Å². The second-order valence-electron chi connectivity index (χ2n) is 4.33. The van der Waals surface area contributed by atoms with Gasteiger partial charge in [0, 0.05) is 11.5 Å². The van der Waals surface area contributed by atoms with Crippen molar-refractivity contribution in [3.05, 3.63) is 44.6 Å². The highest BCUT2D eigenvalue weighted by Gasteiger charge is 2.21. The number of nitrogens with zero attached hydrogens (tertiary/aromatic N) is 3. The second-order valence-corrected chi connectivity index (χ2v) is 6.00. The lowest BCUT2D eigenvalue weighted by Gasteiger charge is -2.19. The lowest BCUT2D eigenvalue weighted by Crippen LogP contribution is -2.25. The van der Waals surface area contributed by atoms with Crippen molar-refractivity contribution in [3.63, 3.8) is 0 Å². The van der Waals surface area contributed by atoms with Crippen LogP contribution >= 0.6 is 31.9 Å². The fourth-order valence-corrected chi connectivity index (χ4v) is 2.97. The normalized spacial score (nSPS) is 12.6. The Balaban J connectivity index is 2.41. The Kier molecular flexibility index (Phi) is 5.13. The van der Waals surface area contributed by atoms with Gasteiger partial charge in [-0.25, -0.2) is 4.68 Å². The number of aryl methyl sites for hydroxylation is 1. The zero-order valence-electron chi connectivity index (χ0n) is 10.9. The van der Waals surface area contributed by atoms with E-state index in [-0.39, 0.29) is 6.04 Å². The Morgan fingerprint density at radius 1 is 1.37 bits per heavy atom. The van der Waals surface area contributed by atoms with E-state index in [1.807, 2.05) is 19.2 Å². The molecule has 4 nitrogen and oxygen atoms in total. The summed E-state index contributed by atoms with van der Waals surface area (Å²) < 4.78 is 3.65. The molecule has 2 rings (SSSR count). The molecule has 0 radical (unpaired) electrons. The van der Waals surface area contributed by atoms with E-state index in [2.05, 4.69) is 66.5 Å². The van der Waals surface area contributed by atoms with Crippen LogP contribution < -0.4 is 5.32 Å². The minimum atomic E-state index is 0.0758. The van der Waals surface area contributed by atoms with Gasteiger partial charge in [-0.2, -0.15) is 0 Å². The second kappa shape index (κ2) is 6.63. The van der Waals surface area contributed by atoms with E-state index in [1.54, 1.807) is 4.68 Å². The van der Waals surface area contributed by atoms with Crippen LogP contribution in [0.25, 0.3) is 0 Å². The third-order valence-electron chi connectivity index (χ3n) is 2.88. The van der Waals surface area contributed by atoms with Crippen molar-refractivity contribution in [1.82, 2.24) is 20.3 Å². The molecule has 0 aliphatic heterocycles. The average Bonchev–Trinajstić information content (AvgIpc) is 2.71. The highest BCUT2D eigenvalue weighted by molar-refractivity contribution is 9.10. The van der Waals surface area contributed by atoms with Gasteiger partial charge >= 0.3 is 0 Å². The molecule has 0 saturated carbocycles. The first-order valence-corrected chi connectivity index (χ1v) is 7.76. The molecule has 1 atom stereocenters. The third kappa shape index (κ3) is 3.43. The van der Waals surface area contributed by atoms with E-state index in [9.17, 15) is 0 Å². The van der Waals surface area contributed by atoms with Crippen LogP contribution in [-0.2, 0) is 7.05 Å². The Labute approximate surface area is 129 Å². The SMILES string of the molecule is CCCNC(c1cccc(Br)c1)c1c(Br)nnn1C. The molecule has 0 aliphatic carbocycles. The first kappa shape index (κ1) is 14.7. The van der Waals surface area contributed by atoms with Crippen molar-refractivity contribution in [2.24, 2.45) is 7.05 Å². The molecule has 19 heavy (non-hydrogen) atoms. The van der Waals surface area contributed by atoms with Crippen LogP contribution in [0.2, 0.25) is 0 Å². The molecule has 1 aromatic carbocycles.